The fourth-order valence-corrected chi connectivity index (χ4v) is 4.49. The number of nitrogens with zero attached hydrogens (tertiary/aromatic N) is 1. The summed E-state index contributed by atoms with van der Waals surface area (Å²) in [6.07, 6.45) is -6.20. The molecule has 3 aromatic carbocycles. The van der Waals surface area contributed by atoms with E-state index < -0.39 is 29.4 Å². The van der Waals surface area contributed by atoms with Gasteiger partial charge >= 0.3 is 12.4 Å². The molecule has 3 nitrogen and oxygen atoms in total. The largest absolute Gasteiger partial charge is 0.416 e. The molecule has 4 rings (SSSR count). The lowest BCUT2D eigenvalue weighted by molar-refractivity contribution is -0.143. The van der Waals surface area contributed by atoms with Crippen molar-refractivity contribution in [1.82, 2.24) is 4.57 Å². The van der Waals surface area contributed by atoms with Crippen LogP contribution >= 0.6 is 0 Å². The number of primary amides is 1. The topological polar surface area (TPSA) is 48.0 Å². The number of alkyl halides is 6. The first-order chi connectivity index (χ1) is 16.9. The first-order valence-electron chi connectivity index (χ1n) is 11.4. The van der Waals surface area contributed by atoms with E-state index in [1.807, 2.05) is 6.07 Å². The van der Waals surface area contributed by atoms with Crippen molar-refractivity contribution >= 4 is 27.7 Å². The monoisotopic (exact) mass is 505 g/mol. The van der Waals surface area contributed by atoms with Crippen molar-refractivity contribution in [2.75, 3.05) is 0 Å². The lowest BCUT2D eigenvalue weighted by Gasteiger charge is -2.15. The molecule has 2 N–H and O–H groups in total. The lowest BCUT2D eigenvalue weighted by atomic mass is 10.0. The Balaban J connectivity index is 1.94. The van der Waals surface area contributed by atoms with Crippen LogP contribution in [0.4, 0.5) is 26.3 Å². The average Bonchev–Trinajstić information content (AvgIpc) is 3.11. The number of halogens is 6. The maximum Gasteiger partial charge on any atom is 0.416 e. The summed E-state index contributed by atoms with van der Waals surface area (Å²) in [5.74, 6) is -0.696. The lowest BCUT2D eigenvalue weighted by Crippen LogP contribution is -2.13. The molecule has 0 aliphatic heterocycles. The van der Waals surface area contributed by atoms with Crippen LogP contribution in [0.25, 0.3) is 21.8 Å². The maximum absolute atomic E-state index is 13.4. The Kier molecular flexibility index (Phi) is 6.77. The van der Waals surface area contributed by atoms with Gasteiger partial charge in [-0.2, -0.15) is 26.3 Å². The van der Waals surface area contributed by atoms with Crippen LogP contribution in [0.1, 0.15) is 58.8 Å². The number of benzene rings is 3. The molecule has 0 saturated heterocycles. The van der Waals surface area contributed by atoms with Gasteiger partial charge in [0.2, 0.25) is 5.91 Å². The molecule has 189 valence electrons. The van der Waals surface area contributed by atoms with Gasteiger partial charge in [-0.3, -0.25) is 4.79 Å². The van der Waals surface area contributed by atoms with Crippen molar-refractivity contribution in [2.24, 2.45) is 5.73 Å². The van der Waals surface area contributed by atoms with Crippen LogP contribution in [0.2, 0.25) is 0 Å². The summed E-state index contributed by atoms with van der Waals surface area (Å²) in [5.41, 5.74) is 4.80. The van der Waals surface area contributed by atoms with Crippen LogP contribution in [0, 0.1) is 6.07 Å². The first-order valence-corrected chi connectivity index (χ1v) is 11.4. The number of aromatic nitrogens is 1. The molecule has 0 aliphatic rings. The number of aryl methyl sites for hydroxylation is 1. The van der Waals surface area contributed by atoms with E-state index in [2.05, 4.69) is 13.0 Å². The zero-order valence-corrected chi connectivity index (χ0v) is 19.4. The quantitative estimate of drug-likeness (QED) is 0.205. The highest BCUT2D eigenvalue weighted by atomic mass is 19.4. The Labute approximate surface area is 203 Å². The molecular weight excluding hydrogens is 482 g/mol. The van der Waals surface area contributed by atoms with Crippen molar-refractivity contribution in [3.63, 3.8) is 0 Å². The second-order valence-electron chi connectivity index (χ2n) is 8.79. The second kappa shape index (κ2) is 9.52. The van der Waals surface area contributed by atoms with Crippen molar-refractivity contribution in [3.05, 3.63) is 82.4 Å². The molecule has 4 aromatic rings. The molecule has 36 heavy (non-hydrogen) atoms. The smallest absolute Gasteiger partial charge is 0.366 e. The third kappa shape index (κ3) is 5.05. The third-order valence-corrected chi connectivity index (χ3v) is 6.18. The van der Waals surface area contributed by atoms with E-state index in [0.29, 0.717) is 21.8 Å². The molecule has 0 aliphatic carbocycles. The maximum atomic E-state index is 13.4. The third-order valence-electron chi connectivity index (χ3n) is 6.18. The van der Waals surface area contributed by atoms with E-state index in [9.17, 15) is 31.1 Å². The molecule has 1 heterocycles. The summed E-state index contributed by atoms with van der Waals surface area (Å²) >= 11 is 0. The van der Waals surface area contributed by atoms with Crippen LogP contribution in [0.5, 0.6) is 0 Å². The van der Waals surface area contributed by atoms with Gasteiger partial charge < -0.3 is 10.3 Å². The van der Waals surface area contributed by atoms with Gasteiger partial charge in [-0.1, -0.05) is 31.9 Å². The van der Waals surface area contributed by atoms with E-state index in [0.717, 1.165) is 43.4 Å². The number of amides is 1. The Morgan fingerprint density at radius 2 is 1.58 bits per heavy atom. The number of fused-ring (bicyclic) bond motifs is 3. The van der Waals surface area contributed by atoms with Crippen LogP contribution in [-0.4, -0.2) is 10.5 Å². The number of hydrogen-bond acceptors (Lipinski definition) is 1. The Bertz CT molecular complexity index is 1400. The minimum absolute atomic E-state index is 0.111. The van der Waals surface area contributed by atoms with Crippen molar-refractivity contribution in [3.8, 4) is 0 Å². The van der Waals surface area contributed by atoms with Gasteiger partial charge in [0, 0.05) is 22.9 Å². The molecule has 1 aromatic heterocycles. The summed E-state index contributed by atoms with van der Waals surface area (Å²) in [6.45, 7) is 1.80. The van der Waals surface area contributed by atoms with Crippen LogP contribution in [0.15, 0.2) is 48.5 Å². The fraction of sp³-hybridized carbons (Fsp3) is 0.296. The van der Waals surface area contributed by atoms with E-state index >= 15 is 0 Å². The second-order valence-corrected chi connectivity index (χ2v) is 8.79. The predicted molar refractivity (Wildman–Crippen MR) is 126 cm³/mol. The van der Waals surface area contributed by atoms with E-state index in [1.165, 1.54) is 6.07 Å². The highest BCUT2D eigenvalue weighted by Gasteiger charge is 2.37. The molecule has 0 bridgehead atoms. The van der Waals surface area contributed by atoms with E-state index in [4.69, 9.17) is 5.73 Å². The first kappa shape index (κ1) is 25.6. The van der Waals surface area contributed by atoms with E-state index in [-0.39, 0.29) is 23.7 Å². The number of rotatable bonds is 7. The summed E-state index contributed by atoms with van der Waals surface area (Å²) in [5, 5.41) is 0.991. The number of carbonyl (C=O) groups is 1. The van der Waals surface area contributed by atoms with E-state index in [1.54, 1.807) is 22.8 Å². The minimum Gasteiger partial charge on any atom is -0.366 e. The standard InChI is InChI=1S/C27H23F6N2O/c1-2-3-4-6-16-9-10-20-23(13-16)35(22-8-5-7-21(24(20)22)25(34)36)15-17-11-18(26(28,29)30)14-19(12-17)27(31,32)33/h5,7-9,11-14H,2-4,6,15H2,1H3,(H2,34,36). The zero-order valence-electron chi connectivity index (χ0n) is 19.4. The van der Waals surface area contributed by atoms with Gasteiger partial charge in [0.05, 0.1) is 22.2 Å². The summed E-state index contributed by atoms with van der Waals surface area (Å²) in [6, 6.07) is 13.1. The molecule has 0 atom stereocenters. The minimum atomic E-state index is -4.95. The Morgan fingerprint density at radius 3 is 2.17 bits per heavy atom. The van der Waals surface area contributed by atoms with Gasteiger partial charge in [0.25, 0.3) is 0 Å². The number of unbranched alkanes of at least 4 members (excludes halogenated alkanes) is 2. The molecule has 1 amide bonds. The van der Waals surface area contributed by atoms with Crippen LogP contribution in [0.3, 0.4) is 0 Å². The summed E-state index contributed by atoms with van der Waals surface area (Å²) < 4.78 is 82.2. The highest BCUT2D eigenvalue weighted by molar-refractivity contribution is 6.17. The predicted octanol–water partition coefficient (Wildman–Crippen LogP) is 7.51. The number of hydrogen-bond donors (Lipinski definition) is 1. The van der Waals surface area contributed by atoms with Crippen molar-refractivity contribution in [1.29, 1.82) is 0 Å². The normalized spacial score (nSPS) is 12.5. The Morgan fingerprint density at radius 1 is 0.917 bits per heavy atom. The van der Waals surface area contributed by atoms with Gasteiger partial charge in [0.15, 0.2) is 0 Å². The van der Waals surface area contributed by atoms with Crippen molar-refractivity contribution < 1.29 is 31.1 Å². The van der Waals surface area contributed by atoms with Crippen LogP contribution in [-0.2, 0) is 25.3 Å². The molecule has 9 heteroatoms. The average molecular weight is 505 g/mol. The number of nitrogens with two attached hydrogens (primary N) is 1. The molecule has 1 radical (unpaired) electrons. The highest BCUT2D eigenvalue weighted by Crippen LogP contribution is 2.38. The molecular formula is C27H23F6N2O. The van der Waals surface area contributed by atoms with Crippen LogP contribution < -0.4 is 5.73 Å². The fourth-order valence-electron chi connectivity index (χ4n) is 4.49. The van der Waals surface area contributed by atoms with Gasteiger partial charge in [-0.25, -0.2) is 0 Å². The van der Waals surface area contributed by atoms with Gasteiger partial charge in [-0.15, -0.1) is 0 Å². The molecule has 0 fully saturated rings. The SMILES string of the molecule is CCCCCc1c[c]c2c3c(C(N)=O)cccc3n(Cc3cc(C(F)(F)F)cc(C(F)(F)F)c3)c2c1. The molecule has 0 spiro atoms. The van der Waals surface area contributed by atoms with Gasteiger partial charge in [0.1, 0.15) is 0 Å². The molecule has 0 unspecified atom stereocenters. The van der Waals surface area contributed by atoms with Gasteiger partial charge in [-0.05, 0) is 66.4 Å². The Hall–Kier alpha value is -3.49. The summed E-state index contributed by atoms with van der Waals surface area (Å²) in [7, 11) is 0. The summed E-state index contributed by atoms with van der Waals surface area (Å²) in [4.78, 5) is 12.1. The number of carbonyl (C=O) groups excluding carboxylic acids is 1. The van der Waals surface area contributed by atoms with Crippen molar-refractivity contribution in [2.45, 2.75) is 51.5 Å². The molecule has 0 saturated carbocycles. The zero-order chi connectivity index (χ0) is 26.3.